The first-order valence-electron chi connectivity index (χ1n) is 10.5. The number of phenols is 1. The van der Waals surface area contributed by atoms with Crippen molar-refractivity contribution in [3.05, 3.63) is 35.2 Å². The number of hydrogen-bond donors (Lipinski definition) is 1. The van der Waals surface area contributed by atoms with Crippen LogP contribution in [0.25, 0.3) is 21.6 Å². The van der Waals surface area contributed by atoms with Crippen molar-refractivity contribution in [2.24, 2.45) is 0 Å². The molecule has 0 spiro atoms. The average molecular weight is 442 g/mol. The standard InChI is InChI=1S/C22H27N5O2S.CH4/c1-25-5-7-26(8-6-25)15-18-14-19-20(30-18)22(27-9-11-29-12-10-27)24-21(23-19)16-3-2-4-17(28)13-16;/h2-4,13-14,28H,5-12,15H2,1H3;1H4. The van der Waals surface area contributed by atoms with E-state index in [1.165, 1.54) is 4.88 Å². The number of rotatable bonds is 4. The zero-order valence-electron chi connectivity index (χ0n) is 17.3. The Kier molecular flexibility index (Phi) is 6.71. The summed E-state index contributed by atoms with van der Waals surface area (Å²) in [6.07, 6.45) is 0. The van der Waals surface area contributed by atoms with Crippen molar-refractivity contribution in [3.63, 3.8) is 0 Å². The fourth-order valence-electron chi connectivity index (χ4n) is 4.03. The number of fused-ring (bicyclic) bond motifs is 1. The molecule has 7 nitrogen and oxygen atoms in total. The molecule has 1 aromatic carbocycles. The lowest BCUT2D eigenvalue weighted by Crippen LogP contribution is -2.43. The Morgan fingerprint density at radius 3 is 2.55 bits per heavy atom. The van der Waals surface area contributed by atoms with E-state index in [2.05, 4.69) is 27.8 Å². The maximum atomic E-state index is 9.92. The Morgan fingerprint density at radius 2 is 1.81 bits per heavy atom. The Labute approximate surface area is 187 Å². The molecule has 2 fully saturated rings. The minimum absolute atomic E-state index is 0. The first-order valence-corrected chi connectivity index (χ1v) is 11.3. The number of benzene rings is 1. The second-order valence-electron chi connectivity index (χ2n) is 8.03. The van der Waals surface area contributed by atoms with Crippen LogP contribution in [0.4, 0.5) is 5.82 Å². The molecule has 5 rings (SSSR count). The van der Waals surface area contributed by atoms with E-state index in [9.17, 15) is 5.11 Å². The number of thiophene rings is 1. The van der Waals surface area contributed by atoms with E-state index in [0.29, 0.717) is 19.0 Å². The lowest BCUT2D eigenvalue weighted by atomic mass is 10.2. The molecule has 0 unspecified atom stereocenters. The Balaban J connectivity index is 0.00000231. The molecule has 0 aliphatic carbocycles. The average Bonchev–Trinajstić information content (AvgIpc) is 3.17. The van der Waals surface area contributed by atoms with E-state index in [-0.39, 0.29) is 13.2 Å². The van der Waals surface area contributed by atoms with Crippen molar-refractivity contribution in [1.82, 2.24) is 19.8 Å². The summed E-state index contributed by atoms with van der Waals surface area (Å²) in [6, 6.07) is 9.39. The molecule has 2 saturated heterocycles. The van der Waals surface area contributed by atoms with Gasteiger partial charge in [0, 0.05) is 56.3 Å². The number of aromatic nitrogens is 2. The third-order valence-corrected chi connectivity index (χ3v) is 6.90. The van der Waals surface area contributed by atoms with Gasteiger partial charge < -0.3 is 19.6 Å². The molecule has 4 heterocycles. The number of anilines is 1. The fraction of sp³-hybridized carbons (Fsp3) is 0.478. The molecule has 1 N–H and O–H groups in total. The third kappa shape index (κ3) is 4.82. The van der Waals surface area contributed by atoms with Gasteiger partial charge in [0.15, 0.2) is 11.6 Å². The Morgan fingerprint density at radius 1 is 1.03 bits per heavy atom. The normalized spacial score (nSPS) is 18.3. The number of nitrogens with zero attached hydrogens (tertiary/aromatic N) is 5. The van der Waals surface area contributed by atoms with Crippen molar-refractivity contribution in [2.75, 3.05) is 64.4 Å². The molecule has 3 aromatic rings. The Bertz CT molecular complexity index is 1030. The first kappa shape index (κ1) is 22.0. The summed E-state index contributed by atoms with van der Waals surface area (Å²) in [5.41, 5.74) is 1.82. The van der Waals surface area contributed by atoms with Crippen LogP contribution in [-0.2, 0) is 11.3 Å². The predicted molar refractivity (Wildman–Crippen MR) is 127 cm³/mol. The highest BCUT2D eigenvalue weighted by Gasteiger charge is 2.21. The molecule has 166 valence electrons. The zero-order chi connectivity index (χ0) is 20.5. The van der Waals surface area contributed by atoms with Gasteiger partial charge in [0.1, 0.15) is 5.75 Å². The molecule has 2 aliphatic heterocycles. The lowest BCUT2D eigenvalue weighted by molar-refractivity contribution is 0.122. The summed E-state index contributed by atoms with van der Waals surface area (Å²) in [7, 11) is 2.18. The second-order valence-corrected chi connectivity index (χ2v) is 9.16. The summed E-state index contributed by atoms with van der Waals surface area (Å²) in [4.78, 5) is 18.3. The van der Waals surface area contributed by atoms with Gasteiger partial charge in [-0.05, 0) is 25.2 Å². The monoisotopic (exact) mass is 441 g/mol. The topological polar surface area (TPSA) is 65.0 Å². The molecule has 2 aromatic heterocycles. The summed E-state index contributed by atoms with van der Waals surface area (Å²) >= 11 is 1.81. The minimum atomic E-state index is 0. The van der Waals surface area contributed by atoms with Crippen LogP contribution in [-0.4, -0.2) is 84.4 Å². The van der Waals surface area contributed by atoms with Crippen LogP contribution < -0.4 is 4.90 Å². The van der Waals surface area contributed by atoms with Gasteiger partial charge in [-0.15, -0.1) is 11.3 Å². The number of ether oxygens (including phenoxy) is 1. The van der Waals surface area contributed by atoms with E-state index < -0.39 is 0 Å². The van der Waals surface area contributed by atoms with Crippen LogP contribution in [0.1, 0.15) is 12.3 Å². The van der Waals surface area contributed by atoms with Gasteiger partial charge >= 0.3 is 0 Å². The highest BCUT2D eigenvalue weighted by molar-refractivity contribution is 7.19. The summed E-state index contributed by atoms with van der Waals surface area (Å²) < 4.78 is 6.70. The molecule has 0 amide bonds. The van der Waals surface area contributed by atoms with Gasteiger partial charge in [-0.3, -0.25) is 4.90 Å². The summed E-state index contributed by atoms with van der Waals surface area (Å²) in [6.45, 7) is 8.48. The number of likely N-dealkylation sites (N-methyl/N-ethyl adjacent to an activating group) is 1. The summed E-state index contributed by atoms with van der Waals surface area (Å²) in [5.74, 6) is 1.87. The molecule has 0 bridgehead atoms. The zero-order valence-corrected chi connectivity index (χ0v) is 18.1. The fourth-order valence-corrected chi connectivity index (χ4v) is 5.19. The van der Waals surface area contributed by atoms with Crippen LogP contribution >= 0.6 is 11.3 Å². The van der Waals surface area contributed by atoms with Gasteiger partial charge in [-0.2, -0.15) is 0 Å². The van der Waals surface area contributed by atoms with Crippen LogP contribution in [0.15, 0.2) is 30.3 Å². The molecule has 0 atom stereocenters. The van der Waals surface area contributed by atoms with E-state index in [0.717, 1.165) is 67.4 Å². The third-order valence-electron chi connectivity index (χ3n) is 5.80. The Hall–Kier alpha value is -2.26. The van der Waals surface area contributed by atoms with Crippen molar-refractivity contribution in [3.8, 4) is 17.1 Å². The van der Waals surface area contributed by atoms with E-state index in [1.54, 1.807) is 23.5 Å². The quantitative estimate of drug-likeness (QED) is 0.666. The number of hydrogen-bond acceptors (Lipinski definition) is 8. The molecule has 0 radical (unpaired) electrons. The number of morpholine rings is 1. The molecule has 2 aliphatic rings. The van der Waals surface area contributed by atoms with E-state index in [1.807, 2.05) is 12.1 Å². The minimum Gasteiger partial charge on any atom is -0.508 e. The smallest absolute Gasteiger partial charge is 0.162 e. The van der Waals surface area contributed by atoms with Crippen LogP contribution in [0.2, 0.25) is 0 Å². The number of piperazine rings is 1. The molecular formula is C23H31N5O2S. The van der Waals surface area contributed by atoms with Crippen LogP contribution in [0.5, 0.6) is 5.75 Å². The molecule has 31 heavy (non-hydrogen) atoms. The van der Waals surface area contributed by atoms with Crippen molar-refractivity contribution < 1.29 is 9.84 Å². The lowest BCUT2D eigenvalue weighted by Gasteiger charge is -2.31. The summed E-state index contributed by atoms with van der Waals surface area (Å²) in [5, 5.41) is 9.92. The number of phenolic OH excluding ortho intramolecular Hbond substituents is 1. The largest absolute Gasteiger partial charge is 0.508 e. The molecule has 8 heteroatoms. The maximum Gasteiger partial charge on any atom is 0.162 e. The van der Waals surface area contributed by atoms with Gasteiger partial charge in [0.2, 0.25) is 0 Å². The van der Waals surface area contributed by atoms with E-state index in [4.69, 9.17) is 14.7 Å². The molecule has 0 saturated carbocycles. The van der Waals surface area contributed by atoms with Gasteiger partial charge in [0.25, 0.3) is 0 Å². The highest BCUT2D eigenvalue weighted by atomic mass is 32.1. The molecular weight excluding hydrogens is 410 g/mol. The van der Waals surface area contributed by atoms with Gasteiger partial charge in [-0.25, -0.2) is 9.97 Å². The highest BCUT2D eigenvalue weighted by Crippen LogP contribution is 2.35. The first-order chi connectivity index (χ1) is 14.7. The van der Waals surface area contributed by atoms with Crippen LogP contribution in [0, 0.1) is 0 Å². The van der Waals surface area contributed by atoms with Gasteiger partial charge in [-0.1, -0.05) is 19.6 Å². The van der Waals surface area contributed by atoms with Crippen LogP contribution in [0.3, 0.4) is 0 Å². The SMILES string of the molecule is C.CN1CCN(Cc2cc3nc(-c4cccc(O)c4)nc(N4CCOCC4)c3s2)CC1. The predicted octanol–water partition coefficient (Wildman–Crippen LogP) is 3.28. The van der Waals surface area contributed by atoms with Crippen molar-refractivity contribution in [2.45, 2.75) is 14.0 Å². The maximum absolute atomic E-state index is 9.92. The van der Waals surface area contributed by atoms with Crippen molar-refractivity contribution in [1.29, 1.82) is 0 Å². The van der Waals surface area contributed by atoms with E-state index >= 15 is 0 Å². The van der Waals surface area contributed by atoms with Crippen molar-refractivity contribution >= 4 is 27.4 Å². The van der Waals surface area contributed by atoms with Gasteiger partial charge in [0.05, 0.1) is 23.4 Å². The second kappa shape index (κ2) is 9.48. The number of aromatic hydroxyl groups is 1.